The number of aromatic nitrogens is 17. The number of likely N-dealkylation sites (N-methyl/N-ethyl adjacent to an activating group) is 1. The Morgan fingerprint density at radius 1 is 0.436 bits per heavy atom. The molecule has 0 radical (unpaired) electrons. The van der Waals surface area contributed by atoms with Gasteiger partial charge >= 0.3 is 17.1 Å². The van der Waals surface area contributed by atoms with Crippen LogP contribution in [0.15, 0.2) is 144 Å². The van der Waals surface area contributed by atoms with Crippen molar-refractivity contribution in [1.82, 2.24) is 103 Å². The van der Waals surface area contributed by atoms with E-state index in [1.54, 1.807) is 45.3 Å². The van der Waals surface area contributed by atoms with Gasteiger partial charge in [0.1, 0.15) is 69.9 Å². The summed E-state index contributed by atoms with van der Waals surface area (Å²) in [5.41, 5.74) is 11.5. The van der Waals surface area contributed by atoms with E-state index < -0.39 is 46.2 Å². The summed E-state index contributed by atoms with van der Waals surface area (Å²) in [5.74, 6) is -1.65. The van der Waals surface area contributed by atoms with Gasteiger partial charge in [0.25, 0.3) is 0 Å². The zero-order valence-electron chi connectivity index (χ0n) is 78.1. The van der Waals surface area contributed by atoms with Crippen LogP contribution in [0.1, 0.15) is 174 Å². The number of nitrogens with two attached hydrogens (primary N) is 1. The van der Waals surface area contributed by atoms with E-state index in [1.807, 2.05) is 41.5 Å². The van der Waals surface area contributed by atoms with Crippen LogP contribution in [0.4, 0.5) is 57.1 Å². The van der Waals surface area contributed by atoms with Crippen LogP contribution in [0, 0.1) is 29.1 Å². The number of nitrogens with zero attached hydrogens (tertiary/aromatic N) is 24. The molecule has 4 aliphatic heterocycles. The number of pyridine rings is 3. The lowest BCUT2D eigenvalue weighted by Crippen LogP contribution is -2.58. The third-order valence-electron chi connectivity index (χ3n) is 28.1. The van der Waals surface area contributed by atoms with Crippen molar-refractivity contribution in [2.75, 3.05) is 117 Å². The number of H-pyrrole nitrogens is 1. The molecule has 0 unspecified atom stereocenters. The van der Waals surface area contributed by atoms with Crippen molar-refractivity contribution in [3.05, 3.63) is 224 Å². The predicted molar refractivity (Wildman–Crippen MR) is 519 cm³/mol. The summed E-state index contributed by atoms with van der Waals surface area (Å²) in [6.07, 6.45) is 16.3. The number of aromatic amines is 1. The highest BCUT2D eigenvalue weighted by molar-refractivity contribution is 6.03. The normalized spacial score (nSPS) is 18.9. The Labute approximate surface area is 799 Å². The summed E-state index contributed by atoms with van der Waals surface area (Å²) in [6, 6.07) is 20.6. The molecule has 4 amide bonds. The molecule has 6 aliphatic carbocycles. The Bertz CT molecular complexity index is 7430. The molecule has 3 aromatic carbocycles. The third-order valence-corrected chi connectivity index (χ3v) is 28.1. The lowest BCUT2D eigenvalue weighted by atomic mass is 10.0. The highest BCUT2D eigenvalue weighted by Gasteiger charge is 2.45. The minimum Gasteiger partial charge on any atom is -0.382 e. The average molecular weight is 1900 g/mol. The summed E-state index contributed by atoms with van der Waals surface area (Å²) < 4.78 is 82.9. The summed E-state index contributed by atoms with van der Waals surface area (Å²) in [7, 11) is 4.14. The Morgan fingerprint density at radius 3 is 1.12 bits per heavy atom. The quantitative estimate of drug-likeness (QED) is 0.0444. The smallest absolute Gasteiger partial charge is 0.355 e. The van der Waals surface area contributed by atoms with Gasteiger partial charge in [0.15, 0.2) is 22.8 Å². The predicted octanol–water partition coefficient (Wildman–Crippen LogP) is 12.5. The fourth-order valence-electron chi connectivity index (χ4n) is 19.8. The maximum atomic E-state index is 16.3. The van der Waals surface area contributed by atoms with Crippen LogP contribution in [0.3, 0.4) is 0 Å². The van der Waals surface area contributed by atoms with Gasteiger partial charge in [-0.05, 0) is 179 Å². The Kier molecular flexibility index (Phi) is 23.7. The van der Waals surface area contributed by atoms with Crippen molar-refractivity contribution >= 4 is 103 Å². The molecular formula is C101H102F5N27O7. The van der Waals surface area contributed by atoms with E-state index in [2.05, 4.69) is 89.0 Å². The van der Waals surface area contributed by atoms with E-state index in [0.29, 0.717) is 132 Å². The summed E-state index contributed by atoms with van der Waals surface area (Å²) in [5, 5.41) is 11.2. The molecule has 23 rings (SSSR count). The van der Waals surface area contributed by atoms with E-state index in [4.69, 9.17) is 35.6 Å². The van der Waals surface area contributed by atoms with Gasteiger partial charge in [-0.25, -0.2) is 94.9 Å². The molecule has 34 nitrogen and oxygen atoms in total. The van der Waals surface area contributed by atoms with Crippen molar-refractivity contribution in [3.8, 4) is 50.8 Å². The van der Waals surface area contributed by atoms with E-state index >= 15 is 22.0 Å². The molecule has 140 heavy (non-hydrogen) atoms. The molecule has 3 atom stereocenters. The molecule has 4 N–H and O–H groups in total. The number of halogens is 5. The molecule has 14 heterocycles. The maximum absolute atomic E-state index is 16.3. The first kappa shape index (κ1) is 91.4. The largest absolute Gasteiger partial charge is 0.382 e. The Hall–Kier alpha value is -15.1. The first-order chi connectivity index (χ1) is 67.6. The lowest BCUT2D eigenvalue weighted by molar-refractivity contribution is -0.127. The number of nitrogen functional groups attached to an aromatic ring is 1. The summed E-state index contributed by atoms with van der Waals surface area (Å²) >= 11 is 0. The monoisotopic (exact) mass is 1900 g/mol. The molecule has 4 saturated heterocycles. The molecule has 0 bridgehead atoms. The number of carbonyl (C=O) groups is 4. The summed E-state index contributed by atoms with van der Waals surface area (Å²) in [6.45, 7) is 22.9. The number of rotatable bonds is 21. The Morgan fingerprint density at radius 2 is 0.779 bits per heavy atom. The second-order valence-corrected chi connectivity index (χ2v) is 38.3. The van der Waals surface area contributed by atoms with Crippen molar-refractivity contribution < 1.29 is 41.1 Å². The van der Waals surface area contributed by atoms with Gasteiger partial charge in [-0.15, -0.1) is 0 Å². The Balaban J connectivity index is 0.000000125. The van der Waals surface area contributed by atoms with Gasteiger partial charge in [-0.1, -0.05) is 56.1 Å². The van der Waals surface area contributed by atoms with Gasteiger partial charge in [0.2, 0.25) is 35.5 Å². The number of benzene rings is 3. The number of hydrogen-bond acceptors (Lipinski definition) is 26. The SMILES string of the molecule is C=CC(=O)N1CCN(c2nc(=O)n(-c3c(C4CC4)nc(N4CC(N(C)C)C4)nc3C3CC3)c3nc(-c4ccccc4F)c(F)cc23)[C@@H](C)C1.C=CC(=O)N1CCN(c2nc(=O)n(-c3c(C4CC4)nc(NC(C)=O)nc3C3CC3)c3nc(-c4ccccc4F)c(F)cc23)[C@@H](C)C1.C=CC(=O)N1CCN(c2nc(=O)n(-c3c(C4CC4)ncnc3C3CC3)c3nc(-c4cccc5[nH]nc(N)c45)c(F)cc23)[C@@H](C)C1. The molecule has 0 spiro atoms. The minimum atomic E-state index is -0.777. The zero-order chi connectivity index (χ0) is 97.4. The molecule has 13 aromatic rings. The topological polar surface area (TPSA) is 382 Å². The van der Waals surface area contributed by atoms with Crippen LogP contribution >= 0.6 is 0 Å². The van der Waals surface area contributed by atoms with Crippen molar-refractivity contribution in [3.63, 3.8) is 0 Å². The second kappa shape index (κ2) is 36.4. The number of hydrogen-bond donors (Lipinski definition) is 3. The van der Waals surface area contributed by atoms with Crippen LogP contribution in [0.25, 0.3) is 94.8 Å². The molecule has 6 saturated carbocycles. The van der Waals surface area contributed by atoms with Crippen LogP contribution in [0.2, 0.25) is 0 Å². The van der Waals surface area contributed by atoms with Crippen molar-refractivity contribution in [2.24, 2.45) is 0 Å². The molecule has 10 fully saturated rings. The fourth-order valence-corrected chi connectivity index (χ4v) is 19.8. The third kappa shape index (κ3) is 17.1. The first-order valence-corrected chi connectivity index (χ1v) is 47.7. The van der Waals surface area contributed by atoms with Crippen molar-refractivity contribution in [1.29, 1.82) is 0 Å². The maximum Gasteiger partial charge on any atom is 0.355 e. The van der Waals surface area contributed by atoms with Crippen molar-refractivity contribution in [2.45, 2.75) is 164 Å². The van der Waals surface area contributed by atoms with Gasteiger partial charge in [-0.2, -0.15) is 20.1 Å². The number of amides is 4. The molecule has 10 aromatic heterocycles. The number of piperazine rings is 3. The second-order valence-electron chi connectivity index (χ2n) is 38.3. The number of carbonyl (C=O) groups excluding carboxylic acids is 4. The van der Waals surface area contributed by atoms with Crippen LogP contribution in [-0.4, -0.2) is 237 Å². The van der Waals surface area contributed by atoms with Crippen LogP contribution in [-0.2, 0) is 19.2 Å². The highest BCUT2D eigenvalue weighted by atomic mass is 19.1. The molecule has 39 heteroatoms. The summed E-state index contributed by atoms with van der Waals surface area (Å²) in [4.78, 5) is 164. The van der Waals surface area contributed by atoms with Gasteiger partial charge in [0, 0.05) is 155 Å². The van der Waals surface area contributed by atoms with Crippen LogP contribution in [0.5, 0.6) is 0 Å². The van der Waals surface area contributed by atoms with Gasteiger partial charge in [0.05, 0.1) is 78.3 Å². The zero-order valence-corrected chi connectivity index (χ0v) is 78.1. The number of anilines is 6. The van der Waals surface area contributed by atoms with Crippen LogP contribution < -0.4 is 47.7 Å². The van der Waals surface area contributed by atoms with E-state index in [9.17, 15) is 33.6 Å². The minimum absolute atomic E-state index is 0.00570. The average Bonchev–Trinajstić information content (AvgIpc) is 1.35. The molecular weight excluding hydrogens is 1800 g/mol. The van der Waals surface area contributed by atoms with E-state index in [-0.39, 0.29) is 151 Å². The van der Waals surface area contributed by atoms with Gasteiger partial charge < -0.3 is 44.9 Å². The van der Waals surface area contributed by atoms with Gasteiger partial charge in [-0.3, -0.25) is 29.6 Å². The number of fused-ring (bicyclic) bond motifs is 4. The first-order valence-electron chi connectivity index (χ1n) is 47.7. The standard InChI is InChI=1S/C36H39F2N9O2.C33H32F2N8O3.C32H31FN10O2/c1-5-28(48)44-14-15-46(20(2)17-44)33-25-16-27(38)31(24-8-6-7-9-26(24)37)39-34(25)47(36(49)42-33)32-29(21-10-11-21)40-35(41-30(32)22-12-13-22)45-18-23(19-45)43(3)4;1-4-25(45)41-13-14-42(17(2)16-41)30-22-15-24(35)28(21-7-5-6-8-23(21)34)37-31(22)43(33(46)40-30)29-26(19-9-10-19)38-32(36-18(3)44)39-27(29)20-11-12-20;1-3-23(44)41-11-12-42(16(2)14-41)30-20-13-21(33)27(19-5-4-6-22-24(19)29(34)40-39-22)37-31(20)43(32(45)38-30)28-25(17-7-8-17)35-15-36-26(28)18-9-10-18/h5-9,16,20-23H,1,10-15,17-19H2,2-4H3;4-8,15,17,19-20H,1,9-14,16H2,2-3H3,(H,36,38,39,44);3-6,13,15-18H,1,7-12,14H2,2H3,(H3,34,39,40)/t20-;17-;16-/m000/s1. The molecule has 10 aliphatic rings. The lowest BCUT2D eigenvalue weighted by Gasteiger charge is -2.43. The highest BCUT2D eigenvalue weighted by Crippen LogP contribution is 2.53. The van der Waals surface area contributed by atoms with E-state index in [1.165, 1.54) is 93.5 Å². The molecule has 718 valence electrons. The number of nitrogens with one attached hydrogen (secondary N) is 2. The fraction of sp³-hybridized carbons (Fsp3) is 0.386. The van der Waals surface area contributed by atoms with E-state index in [0.717, 1.165) is 113 Å².